The van der Waals surface area contributed by atoms with E-state index >= 15 is 0 Å². The maximum atomic E-state index is 11.9. The number of carbonyl (C=O) groups excluding carboxylic acids is 1. The van der Waals surface area contributed by atoms with Crippen LogP contribution in [0.4, 0.5) is 0 Å². The minimum Gasteiger partial charge on any atom is -0.352 e. The highest BCUT2D eigenvalue weighted by Crippen LogP contribution is 2.52. The summed E-state index contributed by atoms with van der Waals surface area (Å²) in [7, 11) is 0. The molecule has 0 aromatic heterocycles. The Balaban J connectivity index is 2.48. The molecular formula is C14H28N2O. The third-order valence-corrected chi connectivity index (χ3v) is 4.40. The third kappa shape index (κ3) is 2.65. The lowest BCUT2D eigenvalue weighted by atomic mass is 9.48. The molecular weight excluding hydrogens is 212 g/mol. The molecule has 1 aliphatic carbocycles. The highest BCUT2D eigenvalue weighted by atomic mass is 16.1. The number of rotatable bonds is 5. The lowest BCUT2D eigenvalue weighted by molar-refractivity contribution is -0.132. The summed E-state index contributed by atoms with van der Waals surface area (Å²) in [5.74, 6) is 0.177. The summed E-state index contributed by atoms with van der Waals surface area (Å²) in [6, 6.07) is 0.343. The monoisotopic (exact) mass is 240 g/mol. The number of nitrogens with one attached hydrogen (secondary N) is 1. The van der Waals surface area contributed by atoms with E-state index in [4.69, 9.17) is 5.73 Å². The average molecular weight is 240 g/mol. The maximum absolute atomic E-state index is 11.9. The van der Waals surface area contributed by atoms with E-state index in [2.05, 4.69) is 39.9 Å². The van der Waals surface area contributed by atoms with Gasteiger partial charge in [0.15, 0.2) is 0 Å². The molecule has 0 spiro atoms. The van der Waals surface area contributed by atoms with Crippen LogP contribution in [0.5, 0.6) is 0 Å². The van der Waals surface area contributed by atoms with Crippen molar-refractivity contribution in [2.75, 3.05) is 0 Å². The fourth-order valence-electron chi connectivity index (χ4n) is 3.32. The quantitative estimate of drug-likeness (QED) is 0.725. The third-order valence-electron chi connectivity index (χ3n) is 4.40. The van der Waals surface area contributed by atoms with Crippen LogP contribution in [-0.2, 0) is 4.79 Å². The number of hydrogen-bond acceptors (Lipinski definition) is 2. The molecule has 0 aromatic carbocycles. The van der Waals surface area contributed by atoms with Crippen LogP contribution < -0.4 is 11.1 Å². The van der Waals surface area contributed by atoms with Crippen LogP contribution >= 0.6 is 0 Å². The Hall–Kier alpha value is -0.570. The SMILES string of the molecule is CCCCCC(=O)NC1C(C)(C)C(N)C1(C)C. The van der Waals surface area contributed by atoms with Crippen LogP contribution in [0.25, 0.3) is 0 Å². The number of hydrogen-bond donors (Lipinski definition) is 2. The van der Waals surface area contributed by atoms with Crippen molar-refractivity contribution in [2.24, 2.45) is 16.6 Å². The van der Waals surface area contributed by atoms with Crippen molar-refractivity contribution >= 4 is 5.91 Å². The van der Waals surface area contributed by atoms with Gasteiger partial charge in [0, 0.05) is 29.3 Å². The number of unbranched alkanes of at least 4 members (excludes halogenated alkanes) is 2. The summed E-state index contributed by atoms with van der Waals surface area (Å²) in [6.07, 6.45) is 3.91. The molecule has 100 valence electrons. The Morgan fingerprint density at radius 1 is 1.18 bits per heavy atom. The zero-order valence-electron chi connectivity index (χ0n) is 12.0. The van der Waals surface area contributed by atoms with Gasteiger partial charge in [-0.2, -0.15) is 0 Å². The van der Waals surface area contributed by atoms with Crippen molar-refractivity contribution in [3.8, 4) is 0 Å². The number of amides is 1. The number of nitrogens with two attached hydrogens (primary N) is 1. The van der Waals surface area contributed by atoms with Gasteiger partial charge in [-0.1, -0.05) is 47.5 Å². The minimum absolute atomic E-state index is 0.00389. The molecule has 1 rings (SSSR count). The molecule has 1 amide bonds. The van der Waals surface area contributed by atoms with E-state index in [9.17, 15) is 4.79 Å². The van der Waals surface area contributed by atoms with Crippen molar-refractivity contribution < 1.29 is 4.79 Å². The van der Waals surface area contributed by atoms with Gasteiger partial charge >= 0.3 is 0 Å². The van der Waals surface area contributed by atoms with Gasteiger partial charge in [0.25, 0.3) is 0 Å². The molecule has 3 N–H and O–H groups in total. The lowest BCUT2D eigenvalue weighted by Gasteiger charge is -2.62. The second-order valence-corrected chi connectivity index (χ2v) is 6.58. The van der Waals surface area contributed by atoms with Gasteiger partial charge in [0.2, 0.25) is 5.91 Å². The van der Waals surface area contributed by atoms with Gasteiger partial charge in [-0.3, -0.25) is 4.79 Å². The van der Waals surface area contributed by atoms with Crippen LogP contribution in [-0.4, -0.2) is 18.0 Å². The molecule has 1 saturated carbocycles. The summed E-state index contributed by atoms with van der Waals surface area (Å²) < 4.78 is 0. The first-order valence-electron chi connectivity index (χ1n) is 6.79. The second-order valence-electron chi connectivity index (χ2n) is 6.58. The molecule has 0 atom stereocenters. The first-order chi connectivity index (χ1) is 7.74. The standard InChI is InChI=1S/C14H28N2O/c1-6-7-8-9-10(17)16-12-13(2,3)11(15)14(12,4)5/h11-12H,6-9,15H2,1-5H3,(H,16,17). The molecule has 17 heavy (non-hydrogen) atoms. The Morgan fingerprint density at radius 2 is 1.71 bits per heavy atom. The van der Waals surface area contributed by atoms with E-state index < -0.39 is 0 Å². The van der Waals surface area contributed by atoms with Crippen molar-refractivity contribution in [3.05, 3.63) is 0 Å². The van der Waals surface area contributed by atoms with Crippen molar-refractivity contribution in [3.63, 3.8) is 0 Å². The fourth-order valence-corrected chi connectivity index (χ4v) is 3.32. The second kappa shape index (κ2) is 4.97. The molecule has 0 bridgehead atoms. The zero-order chi connectivity index (χ0) is 13.3. The van der Waals surface area contributed by atoms with Crippen molar-refractivity contribution in [2.45, 2.75) is 72.4 Å². The molecule has 0 heterocycles. The highest BCUT2D eigenvalue weighted by Gasteiger charge is 2.60. The normalized spacial score (nSPS) is 29.5. The van der Waals surface area contributed by atoms with E-state index in [1.54, 1.807) is 0 Å². The van der Waals surface area contributed by atoms with Gasteiger partial charge in [-0.25, -0.2) is 0 Å². The van der Waals surface area contributed by atoms with Crippen LogP contribution in [0.15, 0.2) is 0 Å². The van der Waals surface area contributed by atoms with E-state index in [0.717, 1.165) is 19.3 Å². The maximum Gasteiger partial charge on any atom is 0.220 e. The van der Waals surface area contributed by atoms with E-state index in [1.165, 1.54) is 0 Å². The van der Waals surface area contributed by atoms with Crippen LogP contribution in [0, 0.1) is 10.8 Å². The summed E-state index contributed by atoms with van der Waals surface area (Å²) in [4.78, 5) is 11.9. The molecule has 3 nitrogen and oxygen atoms in total. The summed E-state index contributed by atoms with van der Waals surface area (Å²) in [6.45, 7) is 10.7. The summed E-state index contributed by atoms with van der Waals surface area (Å²) in [5, 5.41) is 3.17. The largest absolute Gasteiger partial charge is 0.352 e. The fraction of sp³-hybridized carbons (Fsp3) is 0.929. The first-order valence-corrected chi connectivity index (χ1v) is 6.79. The molecule has 0 radical (unpaired) electrons. The molecule has 0 aliphatic heterocycles. The van der Waals surface area contributed by atoms with E-state index in [1.807, 2.05) is 0 Å². The average Bonchev–Trinajstić information content (AvgIpc) is 2.25. The van der Waals surface area contributed by atoms with E-state index in [-0.39, 0.29) is 28.8 Å². The predicted molar refractivity (Wildman–Crippen MR) is 71.6 cm³/mol. The Bertz CT molecular complexity index is 268. The topological polar surface area (TPSA) is 55.1 Å². The first kappa shape index (κ1) is 14.5. The van der Waals surface area contributed by atoms with Gasteiger partial charge in [0.1, 0.15) is 0 Å². The van der Waals surface area contributed by atoms with Gasteiger partial charge in [-0.05, 0) is 6.42 Å². The molecule has 3 heteroatoms. The van der Waals surface area contributed by atoms with Crippen molar-refractivity contribution in [1.29, 1.82) is 0 Å². The van der Waals surface area contributed by atoms with Crippen molar-refractivity contribution in [1.82, 2.24) is 5.32 Å². The molecule has 1 aliphatic rings. The van der Waals surface area contributed by atoms with E-state index in [0.29, 0.717) is 6.42 Å². The van der Waals surface area contributed by atoms with Gasteiger partial charge in [-0.15, -0.1) is 0 Å². The Labute approximate surface area is 106 Å². The van der Waals surface area contributed by atoms with Crippen LogP contribution in [0.2, 0.25) is 0 Å². The minimum atomic E-state index is 0.00389. The summed E-state index contributed by atoms with van der Waals surface area (Å²) >= 11 is 0. The van der Waals surface area contributed by atoms with Crippen LogP contribution in [0.3, 0.4) is 0 Å². The van der Waals surface area contributed by atoms with Gasteiger partial charge < -0.3 is 11.1 Å². The Morgan fingerprint density at radius 3 is 2.18 bits per heavy atom. The molecule has 0 aromatic rings. The van der Waals surface area contributed by atoms with Crippen LogP contribution in [0.1, 0.15) is 60.3 Å². The molecule has 0 unspecified atom stereocenters. The zero-order valence-corrected chi connectivity index (χ0v) is 12.0. The van der Waals surface area contributed by atoms with Gasteiger partial charge in [0.05, 0.1) is 0 Å². The predicted octanol–water partition coefficient (Wildman–Crippen LogP) is 2.44. The Kier molecular flexibility index (Phi) is 4.23. The molecule has 0 saturated heterocycles. The number of carbonyl (C=O) groups is 1. The molecule has 1 fully saturated rings. The lowest BCUT2D eigenvalue weighted by Crippen LogP contribution is -2.76. The summed E-state index contributed by atoms with van der Waals surface area (Å²) in [5.41, 5.74) is 6.18. The smallest absolute Gasteiger partial charge is 0.220 e. The highest BCUT2D eigenvalue weighted by molar-refractivity contribution is 5.76.